The fraction of sp³-hybridized carbons (Fsp3) is 0.350. The molecule has 3 rings (SSSR count). The molecule has 1 saturated heterocycles. The summed E-state index contributed by atoms with van der Waals surface area (Å²) < 4.78 is 33.8. The van der Waals surface area contributed by atoms with E-state index in [-0.39, 0.29) is 13.1 Å². The lowest BCUT2D eigenvalue weighted by molar-refractivity contribution is -0.116. The van der Waals surface area contributed by atoms with E-state index in [0.29, 0.717) is 36.0 Å². The van der Waals surface area contributed by atoms with Crippen LogP contribution in [0.1, 0.15) is 17.5 Å². The van der Waals surface area contributed by atoms with E-state index in [0.717, 1.165) is 11.1 Å². The Labute approximate surface area is 176 Å². The Hall–Kier alpha value is -2.13. The molecule has 1 aliphatic heterocycles. The minimum Gasteiger partial charge on any atom is -0.495 e. The highest BCUT2D eigenvalue weighted by atomic mass is 35.5. The highest BCUT2D eigenvalue weighted by Gasteiger charge is 2.34. The van der Waals surface area contributed by atoms with Gasteiger partial charge in [-0.1, -0.05) is 29.8 Å². The van der Waals surface area contributed by atoms with Gasteiger partial charge in [0.05, 0.1) is 19.3 Å². The summed E-state index contributed by atoms with van der Waals surface area (Å²) in [7, 11) is -2.22. The summed E-state index contributed by atoms with van der Waals surface area (Å²) in [4.78, 5) is 12.5. The summed E-state index contributed by atoms with van der Waals surface area (Å²) in [6.07, 6.45) is 0.647. The molecule has 0 atom stereocenters. The van der Waals surface area contributed by atoms with Crippen LogP contribution in [-0.4, -0.2) is 49.7 Å². The SMILES string of the molecule is COc1ccc(C)cc1NC(=O)CN1CCCN(Cc2ccc(Cl)cc2)S1(=O)=O. The van der Waals surface area contributed by atoms with E-state index < -0.39 is 16.1 Å². The Kier molecular flexibility index (Phi) is 6.79. The molecule has 156 valence electrons. The van der Waals surface area contributed by atoms with Gasteiger partial charge in [-0.05, 0) is 48.7 Å². The first-order valence-electron chi connectivity index (χ1n) is 9.24. The molecule has 1 heterocycles. The van der Waals surface area contributed by atoms with Crippen molar-refractivity contribution in [3.8, 4) is 5.75 Å². The van der Waals surface area contributed by atoms with Crippen molar-refractivity contribution in [2.75, 3.05) is 32.1 Å². The molecule has 1 aliphatic rings. The van der Waals surface area contributed by atoms with Gasteiger partial charge in [0.25, 0.3) is 10.2 Å². The smallest absolute Gasteiger partial charge is 0.282 e. The first-order chi connectivity index (χ1) is 13.8. The van der Waals surface area contributed by atoms with Crippen LogP contribution in [0, 0.1) is 6.92 Å². The zero-order valence-corrected chi connectivity index (χ0v) is 18.0. The zero-order chi connectivity index (χ0) is 21.0. The third-order valence-corrected chi connectivity index (χ3v) is 6.87. The van der Waals surface area contributed by atoms with Crippen molar-refractivity contribution in [2.24, 2.45) is 0 Å². The number of halogens is 1. The average Bonchev–Trinajstić information content (AvgIpc) is 2.67. The van der Waals surface area contributed by atoms with Gasteiger partial charge in [-0.25, -0.2) is 0 Å². The van der Waals surface area contributed by atoms with Gasteiger partial charge in [0.2, 0.25) is 5.91 Å². The van der Waals surface area contributed by atoms with Gasteiger partial charge >= 0.3 is 0 Å². The molecule has 0 bridgehead atoms. The van der Waals surface area contributed by atoms with Crippen LogP contribution in [0.2, 0.25) is 5.02 Å². The van der Waals surface area contributed by atoms with Crippen LogP contribution in [0.5, 0.6) is 5.75 Å². The third-order valence-electron chi connectivity index (χ3n) is 4.69. The number of nitrogens with zero attached hydrogens (tertiary/aromatic N) is 2. The van der Waals surface area contributed by atoms with Gasteiger partial charge in [-0.15, -0.1) is 0 Å². The van der Waals surface area contributed by atoms with E-state index in [1.54, 1.807) is 36.4 Å². The van der Waals surface area contributed by atoms with E-state index in [1.807, 2.05) is 13.0 Å². The van der Waals surface area contributed by atoms with Gasteiger partial charge in [0.1, 0.15) is 5.75 Å². The third kappa shape index (κ3) is 5.27. The standard InChI is InChI=1S/C20H24ClN3O4S/c1-15-4-9-19(28-2)18(12-15)22-20(25)14-24-11-3-10-23(29(24,26)27)13-16-5-7-17(21)8-6-16/h4-9,12H,3,10-11,13-14H2,1-2H3,(H,22,25). The number of benzene rings is 2. The number of carbonyl (C=O) groups excluding carboxylic acids is 1. The number of amides is 1. The number of carbonyl (C=O) groups is 1. The lowest BCUT2D eigenvalue weighted by Gasteiger charge is -2.34. The second kappa shape index (κ2) is 9.13. The van der Waals surface area contributed by atoms with Crippen molar-refractivity contribution in [2.45, 2.75) is 19.9 Å². The number of hydrogen-bond donors (Lipinski definition) is 1. The van der Waals surface area contributed by atoms with Crippen LogP contribution >= 0.6 is 11.6 Å². The molecular formula is C20H24ClN3O4S. The van der Waals surface area contributed by atoms with Crippen LogP contribution in [-0.2, 0) is 21.5 Å². The molecule has 0 saturated carbocycles. The molecule has 0 aliphatic carbocycles. The highest BCUT2D eigenvalue weighted by Crippen LogP contribution is 2.26. The molecule has 29 heavy (non-hydrogen) atoms. The molecular weight excluding hydrogens is 414 g/mol. The van der Waals surface area contributed by atoms with Crippen molar-refractivity contribution in [3.05, 3.63) is 58.6 Å². The number of anilines is 1. The molecule has 2 aromatic carbocycles. The number of nitrogens with one attached hydrogen (secondary N) is 1. The molecule has 0 unspecified atom stereocenters. The summed E-state index contributed by atoms with van der Waals surface area (Å²) in [5.74, 6) is 0.112. The van der Waals surface area contributed by atoms with E-state index in [9.17, 15) is 13.2 Å². The minimum absolute atomic E-state index is 0.239. The van der Waals surface area contributed by atoms with E-state index in [4.69, 9.17) is 16.3 Å². The normalized spacial score (nSPS) is 17.1. The number of rotatable bonds is 6. The second-order valence-electron chi connectivity index (χ2n) is 6.91. The Morgan fingerprint density at radius 2 is 1.83 bits per heavy atom. The van der Waals surface area contributed by atoms with Crippen LogP contribution in [0.3, 0.4) is 0 Å². The van der Waals surface area contributed by atoms with Crippen molar-refractivity contribution >= 4 is 33.4 Å². The molecule has 1 amide bonds. The molecule has 1 N–H and O–H groups in total. The zero-order valence-electron chi connectivity index (χ0n) is 16.4. The summed E-state index contributed by atoms with van der Waals surface area (Å²) >= 11 is 5.90. The molecule has 2 aromatic rings. The summed E-state index contributed by atoms with van der Waals surface area (Å²) in [5, 5.41) is 3.35. The minimum atomic E-state index is -3.74. The van der Waals surface area contributed by atoms with Crippen LogP contribution in [0.25, 0.3) is 0 Å². The Balaban J connectivity index is 1.69. The lowest BCUT2D eigenvalue weighted by atomic mass is 10.2. The molecule has 1 fully saturated rings. The maximum atomic E-state index is 13.0. The lowest BCUT2D eigenvalue weighted by Crippen LogP contribution is -2.51. The Morgan fingerprint density at radius 1 is 1.14 bits per heavy atom. The van der Waals surface area contributed by atoms with Crippen LogP contribution in [0.15, 0.2) is 42.5 Å². The van der Waals surface area contributed by atoms with E-state index in [2.05, 4.69) is 5.32 Å². The average molecular weight is 438 g/mol. The maximum Gasteiger partial charge on any atom is 0.282 e. The number of hydrogen-bond acceptors (Lipinski definition) is 4. The first kappa shape index (κ1) is 21.6. The molecule has 7 nitrogen and oxygen atoms in total. The van der Waals surface area contributed by atoms with Crippen molar-refractivity contribution in [3.63, 3.8) is 0 Å². The van der Waals surface area contributed by atoms with Gasteiger partial charge < -0.3 is 10.1 Å². The van der Waals surface area contributed by atoms with Crippen LogP contribution < -0.4 is 10.1 Å². The molecule has 0 radical (unpaired) electrons. The summed E-state index contributed by atoms with van der Waals surface area (Å²) in [6.45, 7) is 2.60. The quantitative estimate of drug-likeness (QED) is 0.753. The number of ether oxygens (including phenoxy) is 1. The number of aryl methyl sites for hydroxylation is 1. The van der Waals surface area contributed by atoms with Gasteiger partial charge in [0, 0.05) is 24.7 Å². The van der Waals surface area contributed by atoms with Gasteiger partial charge in [-0.3, -0.25) is 4.79 Å². The van der Waals surface area contributed by atoms with Crippen molar-refractivity contribution < 1.29 is 17.9 Å². The highest BCUT2D eigenvalue weighted by molar-refractivity contribution is 7.86. The van der Waals surface area contributed by atoms with Gasteiger partial charge in [0.15, 0.2) is 0 Å². The molecule has 0 aromatic heterocycles. The van der Waals surface area contributed by atoms with Gasteiger partial charge in [-0.2, -0.15) is 17.0 Å². The Morgan fingerprint density at radius 3 is 2.52 bits per heavy atom. The first-order valence-corrected chi connectivity index (χ1v) is 11.0. The fourth-order valence-corrected chi connectivity index (χ4v) is 4.97. The summed E-state index contributed by atoms with van der Waals surface area (Å²) in [5.41, 5.74) is 2.32. The topological polar surface area (TPSA) is 79.0 Å². The predicted octanol–water partition coefficient (Wildman–Crippen LogP) is 3.05. The second-order valence-corrected chi connectivity index (χ2v) is 9.27. The Bertz CT molecular complexity index is 980. The fourth-order valence-electron chi connectivity index (χ4n) is 3.20. The van der Waals surface area contributed by atoms with E-state index in [1.165, 1.54) is 15.7 Å². The monoisotopic (exact) mass is 437 g/mol. The van der Waals surface area contributed by atoms with Crippen molar-refractivity contribution in [1.82, 2.24) is 8.61 Å². The largest absolute Gasteiger partial charge is 0.495 e. The van der Waals surface area contributed by atoms with E-state index >= 15 is 0 Å². The summed E-state index contributed by atoms with van der Waals surface area (Å²) in [6, 6.07) is 12.5. The maximum absolute atomic E-state index is 13.0. The van der Waals surface area contributed by atoms with Crippen LogP contribution in [0.4, 0.5) is 5.69 Å². The predicted molar refractivity (Wildman–Crippen MR) is 113 cm³/mol. The number of methoxy groups -OCH3 is 1. The molecule has 9 heteroatoms. The van der Waals surface area contributed by atoms with Crippen molar-refractivity contribution in [1.29, 1.82) is 0 Å². The molecule has 0 spiro atoms.